The van der Waals surface area contributed by atoms with Crippen LogP contribution in [0, 0.1) is 5.92 Å². The van der Waals surface area contributed by atoms with Crippen molar-refractivity contribution in [3.8, 4) is 11.5 Å². The average Bonchev–Trinajstić information content (AvgIpc) is 2.85. The molecule has 0 saturated carbocycles. The van der Waals surface area contributed by atoms with Crippen molar-refractivity contribution in [2.75, 3.05) is 0 Å². The number of hydrogen-bond donors (Lipinski definition) is 3. The molecule has 3 atom stereocenters. The van der Waals surface area contributed by atoms with Crippen molar-refractivity contribution in [2.45, 2.75) is 16.2 Å². The number of aromatic amines is 1. The number of carbonyl (C=O) groups excluding carboxylic acids is 1. The molecule has 0 aliphatic carbocycles. The number of thioether (sulfide) groups is 1. The van der Waals surface area contributed by atoms with Gasteiger partial charge in [-0.25, -0.2) is 0 Å². The van der Waals surface area contributed by atoms with Crippen LogP contribution in [0.5, 0.6) is 11.5 Å². The Kier molecular flexibility index (Phi) is 3.03. The molecule has 3 N–H and O–H groups in total. The van der Waals surface area contributed by atoms with Gasteiger partial charge >= 0.3 is 16.8 Å². The molecule has 118 valence electrons. The fourth-order valence-corrected chi connectivity index (χ4v) is 5.39. The SMILES string of the molecule is O=C1Oc2cc(O)ccc2[C@@H]2c3sc(=O)[nH]c3S[C@H](C(=O)O)[C@H]12. The maximum atomic E-state index is 12.4. The van der Waals surface area contributed by atoms with Crippen LogP contribution in [0.3, 0.4) is 0 Å². The normalized spacial score (nSPS) is 25.0. The van der Waals surface area contributed by atoms with E-state index in [1.807, 2.05) is 0 Å². The number of aromatic hydroxyl groups is 1. The molecule has 9 heteroatoms. The van der Waals surface area contributed by atoms with Gasteiger partial charge in [0.15, 0.2) is 0 Å². The molecule has 4 rings (SSSR count). The quantitative estimate of drug-likeness (QED) is 0.525. The molecular weight excluding hydrogens is 342 g/mol. The van der Waals surface area contributed by atoms with Gasteiger partial charge in [-0.15, -0.1) is 0 Å². The predicted molar refractivity (Wildman–Crippen MR) is 81.3 cm³/mol. The van der Waals surface area contributed by atoms with Gasteiger partial charge in [0.05, 0.1) is 10.9 Å². The minimum absolute atomic E-state index is 0.0579. The number of thiazole rings is 1. The molecule has 1 aromatic carbocycles. The van der Waals surface area contributed by atoms with Crippen molar-refractivity contribution in [3.05, 3.63) is 38.3 Å². The second kappa shape index (κ2) is 4.87. The zero-order chi connectivity index (χ0) is 16.3. The molecule has 0 amide bonds. The minimum atomic E-state index is -1.14. The number of carbonyl (C=O) groups is 2. The van der Waals surface area contributed by atoms with Gasteiger partial charge in [0.1, 0.15) is 16.7 Å². The van der Waals surface area contributed by atoms with Crippen LogP contribution in [0.4, 0.5) is 0 Å². The minimum Gasteiger partial charge on any atom is -0.508 e. The third kappa shape index (κ3) is 2.07. The highest BCUT2D eigenvalue weighted by Crippen LogP contribution is 2.53. The Balaban J connectivity index is 1.98. The van der Waals surface area contributed by atoms with Crippen LogP contribution < -0.4 is 9.61 Å². The molecule has 0 bridgehead atoms. The Morgan fingerprint density at radius 3 is 2.83 bits per heavy atom. The van der Waals surface area contributed by atoms with Gasteiger partial charge < -0.3 is 19.9 Å². The van der Waals surface area contributed by atoms with E-state index in [9.17, 15) is 24.6 Å². The van der Waals surface area contributed by atoms with Crippen molar-refractivity contribution >= 4 is 35.0 Å². The Morgan fingerprint density at radius 2 is 2.09 bits per heavy atom. The maximum absolute atomic E-state index is 12.4. The molecule has 0 fully saturated rings. The fourth-order valence-electron chi connectivity index (χ4n) is 3.00. The molecule has 2 aromatic rings. The summed E-state index contributed by atoms with van der Waals surface area (Å²) in [5.74, 6) is -3.17. The van der Waals surface area contributed by atoms with E-state index in [1.54, 1.807) is 6.07 Å². The van der Waals surface area contributed by atoms with Crippen LogP contribution in [0.15, 0.2) is 28.0 Å². The number of aliphatic carboxylic acids is 1. The van der Waals surface area contributed by atoms with Crippen LogP contribution in [0.2, 0.25) is 0 Å². The molecule has 3 heterocycles. The lowest BCUT2D eigenvalue weighted by atomic mass is 9.80. The summed E-state index contributed by atoms with van der Waals surface area (Å²) in [4.78, 5) is 38.6. The van der Waals surface area contributed by atoms with E-state index >= 15 is 0 Å². The number of ether oxygens (including phenoxy) is 1. The number of nitrogens with one attached hydrogen (secondary N) is 1. The Hall–Kier alpha value is -2.26. The average molecular weight is 351 g/mol. The summed E-state index contributed by atoms with van der Waals surface area (Å²) in [5.41, 5.74) is 0.593. The van der Waals surface area contributed by atoms with E-state index in [4.69, 9.17) is 4.74 Å². The molecule has 0 unspecified atom stereocenters. The van der Waals surface area contributed by atoms with E-state index in [0.29, 0.717) is 15.5 Å². The summed E-state index contributed by atoms with van der Waals surface area (Å²) in [7, 11) is 0. The van der Waals surface area contributed by atoms with E-state index in [1.165, 1.54) is 12.1 Å². The Bertz CT molecular complexity index is 901. The van der Waals surface area contributed by atoms with E-state index in [2.05, 4.69) is 4.98 Å². The van der Waals surface area contributed by atoms with Gasteiger partial charge in [0.25, 0.3) is 0 Å². The number of carboxylic acids is 1. The molecule has 0 spiro atoms. The van der Waals surface area contributed by atoms with Crippen molar-refractivity contribution in [1.82, 2.24) is 4.98 Å². The van der Waals surface area contributed by atoms with Crippen LogP contribution in [-0.2, 0) is 9.59 Å². The largest absolute Gasteiger partial charge is 0.508 e. The maximum Gasteiger partial charge on any atom is 0.317 e. The highest BCUT2D eigenvalue weighted by Gasteiger charge is 2.51. The monoisotopic (exact) mass is 351 g/mol. The molecule has 23 heavy (non-hydrogen) atoms. The number of H-pyrrole nitrogens is 1. The van der Waals surface area contributed by atoms with Gasteiger partial charge in [-0.2, -0.15) is 0 Å². The third-order valence-corrected chi connectivity index (χ3v) is 6.31. The van der Waals surface area contributed by atoms with E-state index < -0.39 is 29.0 Å². The number of fused-ring (bicyclic) bond motifs is 5. The first-order valence-electron chi connectivity index (χ1n) is 6.63. The summed E-state index contributed by atoms with van der Waals surface area (Å²) < 4.78 is 5.23. The number of esters is 1. The molecule has 2 aliphatic rings. The fraction of sp³-hybridized carbons (Fsp3) is 0.214. The first-order chi connectivity index (χ1) is 11.0. The lowest BCUT2D eigenvalue weighted by Gasteiger charge is -2.37. The molecule has 2 aliphatic heterocycles. The van der Waals surface area contributed by atoms with Crippen LogP contribution in [0.25, 0.3) is 0 Å². The predicted octanol–water partition coefficient (Wildman–Crippen LogP) is 1.37. The number of aromatic nitrogens is 1. The number of rotatable bonds is 1. The van der Waals surface area contributed by atoms with Crippen LogP contribution in [0.1, 0.15) is 16.4 Å². The number of benzene rings is 1. The highest BCUT2D eigenvalue weighted by atomic mass is 32.2. The summed E-state index contributed by atoms with van der Waals surface area (Å²) in [5, 5.41) is 18.5. The summed E-state index contributed by atoms with van der Waals surface area (Å²) in [6, 6.07) is 4.36. The van der Waals surface area contributed by atoms with Gasteiger partial charge in [0, 0.05) is 22.4 Å². The van der Waals surface area contributed by atoms with Gasteiger partial charge in [-0.1, -0.05) is 29.2 Å². The topological polar surface area (TPSA) is 117 Å². The van der Waals surface area contributed by atoms with E-state index in [-0.39, 0.29) is 16.4 Å². The van der Waals surface area contributed by atoms with Crippen LogP contribution in [-0.4, -0.2) is 32.4 Å². The molecular formula is C14H9NO6S2. The molecule has 0 saturated heterocycles. The molecule has 0 radical (unpaired) electrons. The van der Waals surface area contributed by atoms with Crippen molar-refractivity contribution in [2.24, 2.45) is 5.92 Å². The molecule has 1 aromatic heterocycles. The summed E-state index contributed by atoms with van der Waals surface area (Å²) in [6.07, 6.45) is 0. The second-order valence-corrected chi connectivity index (χ2v) is 7.40. The van der Waals surface area contributed by atoms with E-state index in [0.717, 1.165) is 23.1 Å². The van der Waals surface area contributed by atoms with Crippen molar-refractivity contribution in [1.29, 1.82) is 0 Å². The van der Waals surface area contributed by atoms with Gasteiger partial charge in [-0.3, -0.25) is 14.4 Å². The zero-order valence-corrected chi connectivity index (χ0v) is 12.9. The second-order valence-electron chi connectivity index (χ2n) is 5.23. The lowest BCUT2D eigenvalue weighted by Crippen LogP contribution is -2.44. The summed E-state index contributed by atoms with van der Waals surface area (Å²) in [6.45, 7) is 0. The first-order valence-corrected chi connectivity index (χ1v) is 8.32. The first kappa shape index (κ1) is 14.3. The number of phenols is 1. The zero-order valence-electron chi connectivity index (χ0n) is 11.3. The Morgan fingerprint density at radius 1 is 1.30 bits per heavy atom. The standard InChI is InChI=1S/C14H9NO6S2/c16-4-1-2-5-6(3-4)21-13(19)8-7(5)9-11(15-14(20)23-9)22-10(8)12(17)18/h1-3,7-8,10,16H,(H,15,20)(H,17,18)/t7-,8+,10-/m0/s1. The van der Waals surface area contributed by atoms with Crippen LogP contribution >= 0.6 is 23.1 Å². The smallest absolute Gasteiger partial charge is 0.317 e. The lowest BCUT2D eigenvalue weighted by molar-refractivity contribution is -0.147. The Labute approximate surface area is 136 Å². The van der Waals surface area contributed by atoms with Crippen molar-refractivity contribution in [3.63, 3.8) is 0 Å². The number of hydrogen-bond acceptors (Lipinski definition) is 7. The third-order valence-electron chi connectivity index (χ3n) is 3.91. The van der Waals surface area contributed by atoms with Gasteiger partial charge in [-0.05, 0) is 6.07 Å². The van der Waals surface area contributed by atoms with Gasteiger partial charge in [0.2, 0.25) is 0 Å². The highest BCUT2D eigenvalue weighted by molar-refractivity contribution is 8.00. The molecule has 7 nitrogen and oxygen atoms in total. The summed E-state index contributed by atoms with van der Waals surface area (Å²) >= 11 is 1.92. The number of carboxylic acid groups (broad SMARTS) is 1. The van der Waals surface area contributed by atoms with Crippen molar-refractivity contribution < 1.29 is 24.5 Å². The number of phenolic OH excluding ortho intramolecular Hbond substituents is 1.